The Balaban J connectivity index is 1.51. The van der Waals surface area contributed by atoms with E-state index in [1.807, 2.05) is 31.2 Å². The fraction of sp³-hybridized carbons (Fsp3) is 0.0455. The topological polar surface area (TPSA) is 95.5 Å². The minimum absolute atomic E-state index is 0.247. The molecule has 32 heavy (non-hydrogen) atoms. The van der Waals surface area contributed by atoms with Crippen molar-refractivity contribution in [2.75, 3.05) is 5.32 Å². The average molecular weight is 428 g/mol. The van der Waals surface area contributed by atoms with Gasteiger partial charge in [-0.05, 0) is 65.4 Å². The lowest BCUT2D eigenvalue weighted by Gasteiger charge is -2.12. The number of rotatable bonds is 5. The van der Waals surface area contributed by atoms with Crippen LogP contribution in [0.1, 0.15) is 15.9 Å². The molecule has 0 bridgehead atoms. The first kappa shape index (κ1) is 19.4. The SMILES string of the molecule is Cc1cc(NC(=O)c2cnn(-c3ccccc3F)c2-n2cccc2)ccc1-n1cnnn1. The zero-order valence-corrected chi connectivity index (χ0v) is 16.9. The summed E-state index contributed by atoms with van der Waals surface area (Å²) in [4.78, 5) is 13.2. The van der Waals surface area contributed by atoms with Crippen LogP contribution < -0.4 is 5.32 Å². The third kappa shape index (κ3) is 3.43. The van der Waals surface area contributed by atoms with Gasteiger partial charge >= 0.3 is 0 Å². The van der Waals surface area contributed by atoms with Crippen LogP contribution in [-0.2, 0) is 0 Å². The van der Waals surface area contributed by atoms with E-state index in [0.29, 0.717) is 17.1 Å². The summed E-state index contributed by atoms with van der Waals surface area (Å²) in [6, 6.07) is 15.3. The zero-order chi connectivity index (χ0) is 22.1. The van der Waals surface area contributed by atoms with Gasteiger partial charge in [0.25, 0.3) is 5.91 Å². The fourth-order valence-electron chi connectivity index (χ4n) is 3.49. The number of halogens is 1. The van der Waals surface area contributed by atoms with E-state index in [1.54, 1.807) is 45.9 Å². The molecule has 0 unspecified atom stereocenters. The third-order valence-corrected chi connectivity index (χ3v) is 4.97. The van der Waals surface area contributed by atoms with Crippen LogP contribution >= 0.6 is 0 Å². The molecule has 2 aromatic carbocycles. The maximum Gasteiger partial charge on any atom is 0.261 e. The molecule has 3 aromatic heterocycles. The van der Waals surface area contributed by atoms with Crippen molar-refractivity contribution in [2.24, 2.45) is 0 Å². The number of aryl methyl sites for hydroxylation is 1. The van der Waals surface area contributed by atoms with E-state index >= 15 is 0 Å². The number of benzene rings is 2. The summed E-state index contributed by atoms with van der Waals surface area (Å²) in [6.45, 7) is 1.90. The van der Waals surface area contributed by atoms with Crippen LogP contribution in [0.25, 0.3) is 17.2 Å². The minimum Gasteiger partial charge on any atom is -0.322 e. The van der Waals surface area contributed by atoms with E-state index in [2.05, 4.69) is 25.9 Å². The molecule has 0 aliphatic rings. The number of para-hydroxylation sites is 1. The molecular weight excluding hydrogens is 411 g/mol. The van der Waals surface area contributed by atoms with Gasteiger partial charge in [-0.25, -0.2) is 13.8 Å². The molecule has 0 radical (unpaired) electrons. The predicted molar refractivity (Wildman–Crippen MR) is 115 cm³/mol. The number of tetrazole rings is 1. The van der Waals surface area contributed by atoms with E-state index in [-0.39, 0.29) is 11.6 Å². The van der Waals surface area contributed by atoms with Crippen molar-refractivity contribution in [3.8, 4) is 17.2 Å². The van der Waals surface area contributed by atoms with Crippen LogP contribution in [0, 0.1) is 12.7 Å². The molecule has 3 heterocycles. The van der Waals surface area contributed by atoms with Crippen molar-refractivity contribution in [3.63, 3.8) is 0 Å². The molecule has 0 aliphatic carbocycles. The lowest BCUT2D eigenvalue weighted by molar-refractivity contribution is 0.102. The number of carbonyl (C=O) groups excluding carboxylic acids is 1. The van der Waals surface area contributed by atoms with E-state index < -0.39 is 5.82 Å². The Morgan fingerprint density at radius 2 is 1.84 bits per heavy atom. The Kier molecular flexibility index (Phi) is 4.79. The van der Waals surface area contributed by atoms with Crippen LogP contribution in [-0.4, -0.2) is 40.5 Å². The molecule has 0 saturated carbocycles. The van der Waals surface area contributed by atoms with Crippen molar-refractivity contribution < 1.29 is 9.18 Å². The Morgan fingerprint density at radius 1 is 1.03 bits per heavy atom. The Morgan fingerprint density at radius 3 is 2.56 bits per heavy atom. The Bertz CT molecular complexity index is 1390. The second-order valence-electron chi connectivity index (χ2n) is 7.05. The molecule has 1 N–H and O–H groups in total. The summed E-state index contributed by atoms with van der Waals surface area (Å²) in [6.07, 6.45) is 6.48. The molecule has 0 saturated heterocycles. The normalized spacial score (nSPS) is 10.9. The molecular formula is C22H17FN8O. The third-order valence-electron chi connectivity index (χ3n) is 4.97. The average Bonchev–Trinajstić information content (AvgIpc) is 3.55. The first-order chi connectivity index (χ1) is 15.6. The summed E-state index contributed by atoms with van der Waals surface area (Å²) in [7, 11) is 0. The van der Waals surface area contributed by atoms with E-state index in [1.165, 1.54) is 23.3 Å². The smallest absolute Gasteiger partial charge is 0.261 e. The molecule has 0 aliphatic heterocycles. The Hall–Kier alpha value is -4.60. The van der Waals surface area contributed by atoms with Gasteiger partial charge in [0.15, 0.2) is 5.82 Å². The number of hydrogen-bond acceptors (Lipinski definition) is 5. The van der Waals surface area contributed by atoms with Crippen molar-refractivity contribution in [1.29, 1.82) is 0 Å². The van der Waals surface area contributed by atoms with Crippen molar-refractivity contribution in [3.05, 3.63) is 96.5 Å². The largest absolute Gasteiger partial charge is 0.322 e. The van der Waals surface area contributed by atoms with Crippen LogP contribution in [0.3, 0.4) is 0 Å². The van der Waals surface area contributed by atoms with E-state index in [9.17, 15) is 9.18 Å². The summed E-state index contributed by atoms with van der Waals surface area (Å²) in [5.41, 5.74) is 2.82. The molecule has 158 valence electrons. The number of nitrogens with zero attached hydrogens (tertiary/aromatic N) is 7. The molecule has 0 spiro atoms. The van der Waals surface area contributed by atoms with E-state index in [0.717, 1.165) is 11.3 Å². The van der Waals surface area contributed by atoms with Gasteiger partial charge < -0.3 is 9.88 Å². The van der Waals surface area contributed by atoms with Crippen LogP contribution in [0.2, 0.25) is 0 Å². The monoisotopic (exact) mass is 428 g/mol. The zero-order valence-electron chi connectivity index (χ0n) is 16.9. The van der Waals surface area contributed by atoms with Gasteiger partial charge in [0.2, 0.25) is 0 Å². The fourth-order valence-corrected chi connectivity index (χ4v) is 3.49. The van der Waals surface area contributed by atoms with Crippen molar-refractivity contribution in [2.45, 2.75) is 6.92 Å². The van der Waals surface area contributed by atoms with Crippen LogP contribution in [0.5, 0.6) is 0 Å². The lowest BCUT2D eigenvalue weighted by atomic mass is 10.1. The molecule has 1 amide bonds. The van der Waals surface area contributed by atoms with Gasteiger partial charge in [0.1, 0.15) is 23.4 Å². The number of aromatic nitrogens is 7. The van der Waals surface area contributed by atoms with Crippen LogP contribution in [0.4, 0.5) is 10.1 Å². The number of carbonyl (C=O) groups is 1. The first-order valence-electron chi connectivity index (χ1n) is 9.73. The number of anilines is 1. The minimum atomic E-state index is -0.440. The van der Waals surface area contributed by atoms with Gasteiger partial charge in [0.05, 0.1) is 11.9 Å². The van der Waals surface area contributed by atoms with E-state index in [4.69, 9.17) is 0 Å². The highest BCUT2D eigenvalue weighted by Crippen LogP contribution is 2.24. The Labute approximate surface area is 181 Å². The second-order valence-corrected chi connectivity index (χ2v) is 7.05. The number of amides is 1. The van der Waals surface area contributed by atoms with Gasteiger partial charge in [-0.3, -0.25) is 4.79 Å². The second kappa shape index (κ2) is 7.91. The molecule has 9 nitrogen and oxygen atoms in total. The van der Waals surface area contributed by atoms with Gasteiger partial charge in [-0.1, -0.05) is 12.1 Å². The number of nitrogens with one attached hydrogen (secondary N) is 1. The molecule has 5 aromatic rings. The van der Waals surface area contributed by atoms with Gasteiger partial charge in [-0.15, -0.1) is 5.10 Å². The van der Waals surface area contributed by atoms with Gasteiger partial charge in [0, 0.05) is 18.1 Å². The molecule has 5 rings (SSSR count). The summed E-state index contributed by atoms with van der Waals surface area (Å²) in [5, 5.41) is 18.4. The summed E-state index contributed by atoms with van der Waals surface area (Å²) >= 11 is 0. The highest BCUT2D eigenvalue weighted by Gasteiger charge is 2.21. The predicted octanol–water partition coefficient (Wildman–Crippen LogP) is 3.34. The standard InChI is InChI=1S/C22H17FN8O/c1-15-12-16(8-9-19(15)30-14-24-27-28-30)26-21(32)17-13-25-31(20-7-3-2-6-18(20)23)22(17)29-10-4-5-11-29/h2-14H,1H3,(H,26,32). The van der Waals surface area contributed by atoms with Crippen LogP contribution in [0.15, 0.2) is 79.5 Å². The molecule has 10 heteroatoms. The summed E-state index contributed by atoms with van der Waals surface area (Å²) in [5.74, 6) is -0.379. The maximum atomic E-state index is 14.5. The molecule has 0 atom stereocenters. The lowest BCUT2D eigenvalue weighted by Crippen LogP contribution is -2.16. The van der Waals surface area contributed by atoms with Crippen molar-refractivity contribution in [1.82, 2.24) is 34.6 Å². The maximum absolute atomic E-state index is 14.5. The first-order valence-corrected chi connectivity index (χ1v) is 9.73. The molecule has 0 fully saturated rings. The quantitative estimate of drug-likeness (QED) is 0.463. The highest BCUT2D eigenvalue weighted by molar-refractivity contribution is 6.06. The summed E-state index contributed by atoms with van der Waals surface area (Å²) < 4.78 is 19.1. The van der Waals surface area contributed by atoms with Gasteiger partial charge in [-0.2, -0.15) is 5.10 Å². The van der Waals surface area contributed by atoms with Crippen molar-refractivity contribution >= 4 is 11.6 Å². The highest BCUT2D eigenvalue weighted by atomic mass is 19.1. The number of hydrogen-bond donors (Lipinski definition) is 1.